The van der Waals surface area contributed by atoms with Gasteiger partial charge >= 0.3 is 0 Å². The fourth-order valence-corrected chi connectivity index (χ4v) is 4.53. The molecule has 1 unspecified atom stereocenters. The molecule has 7 heteroatoms. The largest absolute Gasteiger partial charge is 0.373 e. The van der Waals surface area contributed by atoms with Crippen LogP contribution in [0.5, 0.6) is 0 Å². The smallest absolute Gasteiger partial charge is 0.233 e. The topological polar surface area (TPSA) is 52.7 Å². The van der Waals surface area contributed by atoms with E-state index >= 15 is 0 Å². The van der Waals surface area contributed by atoms with Crippen LogP contribution in [0.25, 0.3) is 0 Å². The van der Waals surface area contributed by atoms with Crippen LogP contribution >= 0.6 is 11.6 Å². The Hall–Kier alpha value is -2.60. The number of nitrogens with zero attached hydrogens (tertiary/aromatic N) is 2. The number of carbonyl (C=O) groups excluding carboxylic acids is 2. The van der Waals surface area contributed by atoms with Gasteiger partial charge in [0.25, 0.3) is 0 Å². The molecule has 0 radical (unpaired) electrons. The summed E-state index contributed by atoms with van der Waals surface area (Å²) in [5.74, 6) is -0.762. The van der Waals surface area contributed by atoms with Crippen molar-refractivity contribution in [2.45, 2.75) is 25.7 Å². The first kappa shape index (κ1) is 20.7. The number of nitrogens with one attached hydrogen (secondary N) is 1. The third kappa shape index (κ3) is 4.01. The number of benzene rings is 2. The molecule has 158 valence electrons. The van der Waals surface area contributed by atoms with E-state index in [4.69, 9.17) is 11.6 Å². The normalized spacial score (nSPS) is 20.4. The van der Waals surface area contributed by atoms with Crippen molar-refractivity contribution in [2.24, 2.45) is 5.92 Å². The molecule has 1 fully saturated rings. The quantitative estimate of drug-likeness (QED) is 0.797. The van der Waals surface area contributed by atoms with Crippen molar-refractivity contribution in [3.8, 4) is 0 Å². The van der Waals surface area contributed by atoms with Gasteiger partial charge in [0.1, 0.15) is 5.82 Å². The van der Waals surface area contributed by atoms with Gasteiger partial charge in [0.2, 0.25) is 11.8 Å². The Morgan fingerprint density at radius 1 is 1.23 bits per heavy atom. The molecular weight excluding hydrogens is 405 g/mol. The fourth-order valence-electron chi connectivity index (χ4n) is 4.30. The summed E-state index contributed by atoms with van der Waals surface area (Å²) in [6, 6.07) is 10.4. The second-order valence-electron chi connectivity index (χ2n) is 8.32. The van der Waals surface area contributed by atoms with E-state index in [1.165, 1.54) is 12.1 Å². The lowest BCUT2D eigenvalue weighted by molar-refractivity contribution is -0.129. The molecule has 2 aliphatic rings. The van der Waals surface area contributed by atoms with Crippen molar-refractivity contribution in [1.29, 1.82) is 0 Å². The molecule has 2 aromatic rings. The molecule has 5 nitrogen and oxygen atoms in total. The molecule has 0 saturated carbocycles. The minimum atomic E-state index is -0.542. The first-order chi connectivity index (χ1) is 14.3. The molecular formula is C23H25ClFN3O2. The van der Waals surface area contributed by atoms with E-state index < -0.39 is 5.82 Å². The first-order valence-electron chi connectivity index (χ1n) is 10.2. The van der Waals surface area contributed by atoms with E-state index in [0.29, 0.717) is 25.6 Å². The number of amides is 2. The second-order valence-corrected chi connectivity index (χ2v) is 8.72. The van der Waals surface area contributed by atoms with Gasteiger partial charge in [0, 0.05) is 32.4 Å². The van der Waals surface area contributed by atoms with E-state index in [1.807, 2.05) is 36.2 Å². The van der Waals surface area contributed by atoms with E-state index in [0.717, 1.165) is 17.7 Å². The van der Waals surface area contributed by atoms with E-state index in [2.05, 4.69) is 12.2 Å². The molecule has 0 aliphatic carbocycles. The van der Waals surface area contributed by atoms with E-state index in [-0.39, 0.29) is 40.4 Å². The minimum absolute atomic E-state index is 0.0344. The maximum absolute atomic E-state index is 14.7. The van der Waals surface area contributed by atoms with Crippen molar-refractivity contribution >= 4 is 34.8 Å². The average molecular weight is 430 g/mol. The number of halogens is 2. The highest BCUT2D eigenvalue weighted by molar-refractivity contribution is 6.33. The molecule has 0 aromatic heterocycles. The maximum atomic E-state index is 14.7. The summed E-state index contributed by atoms with van der Waals surface area (Å²) in [6.07, 6.45) is 0.937. The lowest BCUT2D eigenvalue weighted by Gasteiger charge is -2.17. The third-order valence-corrected chi connectivity index (χ3v) is 6.32. The van der Waals surface area contributed by atoms with E-state index in [1.54, 1.807) is 4.90 Å². The Morgan fingerprint density at radius 3 is 2.73 bits per heavy atom. The number of rotatable bonds is 4. The first-order valence-corrected chi connectivity index (χ1v) is 10.6. The molecule has 4 rings (SSSR count). The average Bonchev–Trinajstić information content (AvgIpc) is 3.30. The summed E-state index contributed by atoms with van der Waals surface area (Å²) < 4.78 is 14.7. The fraction of sp³-hybridized carbons (Fsp3) is 0.391. The zero-order valence-electron chi connectivity index (χ0n) is 17.1. The van der Waals surface area contributed by atoms with Gasteiger partial charge < -0.3 is 15.1 Å². The van der Waals surface area contributed by atoms with Crippen LogP contribution in [0.4, 0.5) is 15.8 Å². The molecule has 0 bridgehead atoms. The van der Waals surface area contributed by atoms with E-state index in [9.17, 15) is 14.0 Å². The standard InChI is InChI=1S/C23H25ClFN3O2/c1-14-7-8-28(12-14)22(29)10-15-9-18(24)20(11-19(15)25)26-23(30)17-13-27(2)21-6-4-3-5-16(17)21/h3-6,9,11,14,17H,7-8,10,12-13H2,1-2H3,(H,26,30)/t14-,17?/m1/s1. The predicted molar refractivity (Wildman–Crippen MR) is 117 cm³/mol. The Labute approximate surface area is 180 Å². The summed E-state index contributed by atoms with van der Waals surface area (Å²) in [5.41, 5.74) is 2.42. The van der Waals surface area contributed by atoms with Crippen LogP contribution in [-0.2, 0) is 16.0 Å². The Bertz CT molecular complexity index is 996. The molecule has 2 aliphatic heterocycles. The minimum Gasteiger partial charge on any atom is -0.373 e. The molecule has 2 atom stereocenters. The number of hydrogen-bond acceptors (Lipinski definition) is 3. The number of fused-ring (bicyclic) bond motifs is 1. The van der Waals surface area contributed by atoms with Crippen molar-refractivity contribution in [2.75, 3.05) is 36.9 Å². The molecule has 2 aromatic carbocycles. The van der Waals surface area contributed by atoms with Gasteiger partial charge in [-0.25, -0.2) is 4.39 Å². The van der Waals surface area contributed by atoms with Crippen LogP contribution in [-0.4, -0.2) is 43.4 Å². The Morgan fingerprint density at radius 2 is 2.00 bits per heavy atom. The van der Waals surface area contributed by atoms with Crippen molar-refractivity contribution < 1.29 is 14.0 Å². The highest BCUT2D eigenvalue weighted by Crippen LogP contribution is 2.36. The predicted octanol–water partition coefficient (Wildman–Crippen LogP) is 4.06. The third-order valence-electron chi connectivity index (χ3n) is 6.01. The van der Waals surface area contributed by atoms with Crippen LogP contribution in [0, 0.1) is 11.7 Å². The molecule has 0 spiro atoms. The van der Waals surface area contributed by atoms with Crippen molar-refractivity contribution in [3.05, 3.63) is 58.4 Å². The Balaban J connectivity index is 1.47. The monoisotopic (exact) mass is 429 g/mol. The summed E-state index contributed by atoms with van der Waals surface area (Å²) in [7, 11) is 1.94. The molecule has 1 saturated heterocycles. The SMILES string of the molecule is C[C@@H]1CCN(C(=O)Cc2cc(Cl)c(NC(=O)C3CN(C)c4ccccc43)cc2F)C1. The zero-order chi connectivity index (χ0) is 21.4. The van der Waals surface area contributed by atoms with Crippen molar-refractivity contribution in [1.82, 2.24) is 4.90 Å². The van der Waals surface area contributed by atoms with Crippen LogP contribution in [0.3, 0.4) is 0 Å². The number of likely N-dealkylation sites (N-methyl/N-ethyl adjacent to an activating group) is 1. The summed E-state index contributed by atoms with van der Waals surface area (Å²) in [5, 5.41) is 2.99. The highest BCUT2D eigenvalue weighted by atomic mass is 35.5. The number of carbonyl (C=O) groups is 2. The highest BCUT2D eigenvalue weighted by Gasteiger charge is 2.32. The van der Waals surface area contributed by atoms with Gasteiger partial charge in [-0.3, -0.25) is 9.59 Å². The number of likely N-dealkylation sites (tertiary alicyclic amines) is 1. The molecule has 30 heavy (non-hydrogen) atoms. The summed E-state index contributed by atoms with van der Waals surface area (Å²) in [4.78, 5) is 29.1. The van der Waals surface area contributed by atoms with Gasteiger partial charge in [-0.2, -0.15) is 0 Å². The van der Waals surface area contributed by atoms with Crippen LogP contribution in [0.2, 0.25) is 5.02 Å². The van der Waals surface area contributed by atoms with Crippen LogP contribution < -0.4 is 10.2 Å². The van der Waals surface area contributed by atoms with Crippen molar-refractivity contribution in [3.63, 3.8) is 0 Å². The molecule has 1 N–H and O–H groups in total. The van der Waals surface area contributed by atoms with Gasteiger partial charge in [-0.1, -0.05) is 36.7 Å². The number of hydrogen-bond donors (Lipinski definition) is 1. The second kappa shape index (κ2) is 8.26. The van der Waals surface area contributed by atoms with Gasteiger partial charge in [0.05, 0.1) is 23.0 Å². The Kier molecular flexibility index (Phi) is 5.69. The zero-order valence-corrected chi connectivity index (χ0v) is 17.9. The lowest BCUT2D eigenvalue weighted by Crippen LogP contribution is -2.30. The molecule has 2 amide bonds. The van der Waals surface area contributed by atoms with Crippen LogP contribution in [0.15, 0.2) is 36.4 Å². The lowest BCUT2D eigenvalue weighted by atomic mass is 10.0. The molecule has 2 heterocycles. The van der Waals surface area contributed by atoms with Gasteiger partial charge in [-0.15, -0.1) is 0 Å². The number of para-hydroxylation sites is 1. The van der Waals surface area contributed by atoms with Gasteiger partial charge in [0.15, 0.2) is 0 Å². The summed E-state index contributed by atoms with van der Waals surface area (Å²) >= 11 is 6.33. The summed E-state index contributed by atoms with van der Waals surface area (Å²) in [6.45, 7) is 4.06. The van der Waals surface area contributed by atoms with Gasteiger partial charge in [-0.05, 0) is 41.7 Å². The van der Waals surface area contributed by atoms with Crippen LogP contribution in [0.1, 0.15) is 30.4 Å². The maximum Gasteiger partial charge on any atom is 0.233 e. The number of anilines is 2.